The van der Waals surface area contributed by atoms with Crippen LogP contribution < -0.4 is 11.1 Å². The van der Waals surface area contributed by atoms with E-state index >= 15 is 0 Å². The summed E-state index contributed by atoms with van der Waals surface area (Å²) in [5, 5.41) is 2.93. The molecule has 0 aliphatic rings. The molecule has 0 saturated heterocycles. The Morgan fingerprint density at radius 1 is 1.26 bits per heavy atom. The van der Waals surface area contributed by atoms with Crippen molar-refractivity contribution in [3.8, 4) is 0 Å². The second-order valence-electron chi connectivity index (χ2n) is 4.91. The van der Waals surface area contributed by atoms with Crippen molar-refractivity contribution in [2.75, 3.05) is 5.32 Å². The summed E-state index contributed by atoms with van der Waals surface area (Å²) >= 11 is 5.08. The molecular weight excluding hydrogens is 256 g/mol. The molecule has 19 heavy (non-hydrogen) atoms. The van der Waals surface area contributed by atoms with E-state index in [9.17, 15) is 4.79 Å². The van der Waals surface area contributed by atoms with Crippen LogP contribution in [0.1, 0.15) is 37.8 Å². The Hall–Kier alpha value is -1.42. The van der Waals surface area contributed by atoms with Crippen molar-refractivity contribution in [3.63, 3.8) is 0 Å². The van der Waals surface area contributed by atoms with E-state index in [1.54, 1.807) is 0 Å². The van der Waals surface area contributed by atoms with E-state index in [0.29, 0.717) is 12.8 Å². The zero-order valence-corrected chi connectivity index (χ0v) is 12.9. The van der Waals surface area contributed by atoms with Gasteiger partial charge in [0.25, 0.3) is 0 Å². The number of amides is 1. The fourth-order valence-corrected chi connectivity index (χ4v) is 2.48. The highest BCUT2D eigenvalue weighted by Gasteiger charge is 2.38. The molecule has 0 radical (unpaired) electrons. The number of anilines is 1. The molecule has 1 amide bonds. The number of hydrogen-bond donors (Lipinski definition) is 2. The van der Waals surface area contributed by atoms with Crippen molar-refractivity contribution in [2.45, 2.75) is 40.5 Å². The minimum absolute atomic E-state index is 0.117. The number of nitrogens with two attached hydrogens (primary N) is 1. The lowest BCUT2D eigenvalue weighted by Gasteiger charge is -2.29. The number of carbonyl (C=O) groups excluding carboxylic acids is 1. The Bertz CT molecular complexity index is 493. The van der Waals surface area contributed by atoms with Gasteiger partial charge in [0.2, 0.25) is 5.91 Å². The summed E-state index contributed by atoms with van der Waals surface area (Å²) in [4.78, 5) is 12.7. The van der Waals surface area contributed by atoms with Crippen molar-refractivity contribution in [1.29, 1.82) is 0 Å². The van der Waals surface area contributed by atoms with Crippen molar-refractivity contribution in [2.24, 2.45) is 11.1 Å². The topological polar surface area (TPSA) is 55.1 Å². The van der Waals surface area contributed by atoms with Gasteiger partial charge in [0, 0.05) is 5.69 Å². The monoisotopic (exact) mass is 278 g/mol. The molecule has 0 saturated carbocycles. The molecule has 104 valence electrons. The summed E-state index contributed by atoms with van der Waals surface area (Å²) in [6.45, 7) is 7.93. The largest absolute Gasteiger partial charge is 0.392 e. The van der Waals surface area contributed by atoms with Gasteiger partial charge >= 0.3 is 0 Å². The quantitative estimate of drug-likeness (QED) is 0.812. The Kier molecular flexibility index (Phi) is 5.06. The van der Waals surface area contributed by atoms with Gasteiger partial charge in [0.15, 0.2) is 0 Å². The normalized spacial score (nSPS) is 11.2. The van der Waals surface area contributed by atoms with Crippen LogP contribution in [0.5, 0.6) is 0 Å². The van der Waals surface area contributed by atoms with Crippen LogP contribution in [0, 0.1) is 19.3 Å². The van der Waals surface area contributed by atoms with Crippen LogP contribution in [-0.4, -0.2) is 10.9 Å². The molecule has 0 aromatic heterocycles. The van der Waals surface area contributed by atoms with E-state index < -0.39 is 5.41 Å². The smallest absolute Gasteiger partial charge is 0.237 e. The van der Waals surface area contributed by atoms with Crippen molar-refractivity contribution in [3.05, 3.63) is 29.3 Å². The first-order chi connectivity index (χ1) is 8.87. The first-order valence-electron chi connectivity index (χ1n) is 6.56. The third-order valence-corrected chi connectivity index (χ3v) is 4.27. The minimum Gasteiger partial charge on any atom is -0.392 e. The molecule has 0 aliphatic heterocycles. The first kappa shape index (κ1) is 15.6. The van der Waals surface area contributed by atoms with E-state index in [0.717, 1.165) is 11.3 Å². The molecule has 0 atom stereocenters. The number of hydrogen-bond acceptors (Lipinski definition) is 2. The van der Waals surface area contributed by atoms with Crippen LogP contribution in [0.4, 0.5) is 5.69 Å². The number of carbonyl (C=O) groups is 1. The van der Waals surface area contributed by atoms with Crippen LogP contribution in [0.2, 0.25) is 0 Å². The van der Waals surface area contributed by atoms with Crippen molar-refractivity contribution >= 4 is 28.8 Å². The van der Waals surface area contributed by atoms with E-state index in [4.69, 9.17) is 18.0 Å². The van der Waals surface area contributed by atoms with Crippen LogP contribution in [-0.2, 0) is 4.79 Å². The van der Waals surface area contributed by atoms with Gasteiger partial charge in [-0.2, -0.15) is 0 Å². The fourth-order valence-electron chi connectivity index (χ4n) is 2.10. The first-order valence-corrected chi connectivity index (χ1v) is 6.96. The summed E-state index contributed by atoms with van der Waals surface area (Å²) in [5.41, 5.74) is 8.15. The highest BCUT2D eigenvalue weighted by atomic mass is 32.1. The summed E-state index contributed by atoms with van der Waals surface area (Å²) in [6.07, 6.45) is 1.21. The molecule has 0 heterocycles. The number of thiocarbonyl (C=S) groups is 1. The highest BCUT2D eigenvalue weighted by Crippen LogP contribution is 2.29. The maximum absolute atomic E-state index is 12.5. The molecule has 4 heteroatoms. The molecule has 0 bridgehead atoms. The number of benzene rings is 1. The van der Waals surface area contributed by atoms with Crippen LogP contribution in [0.15, 0.2) is 18.2 Å². The van der Waals surface area contributed by atoms with E-state index in [1.165, 1.54) is 5.56 Å². The zero-order chi connectivity index (χ0) is 14.6. The van der Waals surface area contributed by atoms with Gasteiger partial charge in [-0.05, 0) is 49.9 Å². The summed E-state index contributed by atoms with van der Waals surface area (Å²) in [6, 6.07) is 5.85. The molecule has 0 spiro atoms. The van der Waals surface area contributed by atoms with Crippen LogP contribution in [0.25, 0.3) is 0 Å². The highest BCUT2D eigenvalue weighted by molar-refractivity contribution is 7.80. The average molecular weight is 278 g/mol. The molecule has 1 rings (SSSR count). The molecule has 3 N–H and O–H groups in total. The van der Waals surface area contributed by atoms with Crippen molar-refractivity contribution < 1.29 is 4.79 Å². The van der Waals surface area contributed by atoms with Gasteiger partial charge in [0.1, 0.15) is 0 Å². The third-order valence-electron chi connectivity index (χ3n) is 3.88. The maximum Gasteiger partial charge on any atom is 0.237 e. The predicted octanol–water partition coefficient (Wildman–Crippen LogP) is 3.33. The molecular formula is C15H22N2OS. The summed E-state index contributed by atoms with van der Waals surface area (Å²) < 4.78 is 0. The zero-order valence-electron chi connectivity index (χ0n) is 12.0. The Morgan fingerprint density at radius 3 is 2.26 bits per heavy atom. The van der Waals surface area contributed by atoms with E-state index in [2.05, 4.69) is 5.32 Å². The van der Waals surface area contributed by atoms with Gasteiger partial charge in [-0.1, -0.05) is 32.1 Å². The summed E-state index contributed by atoms with van der Waals surface area (Å²) in [7, 11) is 0. The molecule has 0 aliphatic carbocycles. The average Bonchev–Trinajstić information content (AvgIpc) is 2.35. The van der Waals surface area contributed by atoms with Gasteiger partial charge in [-0.25, -0.2) is 0 Å². The lowest BCUT2D eigenvalue weighted by Crippen LogP contribution is -2.45. The van der Waals surface area contributed by atoms with Crippen LogP contribution in [0.3, 0.4) is 0 Å². The SMILES string of the molecule is CCC(CC)(C(=O)Nc1ccc(C)c(C)c1)C(N)=S. The molecule has 1 aromatic rings. The Labute approximate surface area is 120 Å². The fraction of sp³-hybridized carbons (Fsp3) is 0.467. The number of aryl methyl sites for hydroxylation is 2. The lowest BCUT2D eigenvalue weighted by molar-refractivity contribution is -0.122. The maximum atomic E-state index is 12.5. The Morgan fingerprint density at radius 2 is 1.84 bits per heavy atom. The van der Waals surface area contributed by atoms with Gasteiger partial charge in [0.05, 0.1) is 10.4 Å². The third kappa shape index (κ3) is 3.13. The molecule has 3 nitrogen and oxygen atoms in total. The van der Waals surface area contributed by atoms with E-state index in [-0.39, 0.29) is 10.9 Å². The summed E-state index contributed by atoms with van der Waals surface area (Å²) in [5.74, 6) is -0.117. The van der Waals surface area contributed by atoms with Gasteiger partial charge in [-0.3, -0.25) is 4.79 Å². The Balaban J connectivity index is 3.00. The molecule has 0 unspecified atom stereocenters. The van der Waals surface area contributed by atoms with Gasteiger partial charge in [-0.15, -0.1) is 0 Å². The van der Waals surface area contributed by atoms with Crippen LogP contribution >= 0.6 is 12.2 Å². The predicted molar refractivity (Wildman–Crippen MR) is 84.3 cm³/mol. The minimum atomic E-state index is -0.756. The second kappa shape index (κ2) is 6.15. The number of nitrogens with one attached hydrogen (secondary N) is 1. The van der Waals surface area contributed by atoms with Crippen molar-refractivity contribution in [1.82, 2.24) is 0 Å². The standard InChI is InChI=1S/C15H22N2OS/c1-5-15(6-2,13(16)19)14(18)17-12-8-7-10(3)11(4)9-12/h7-9H,5-6H2,1-4H3,(H2,16,19)(H,17,18). The molecule has 1 aromatic carbocycles. The molecule has 0 fully saturated rings. The van der Waals surface area contributed by atoms with E-state index in [1.807, 2.05) is 45.9 Å². The van der Waals surface area contributed by atoms with Gasteiger partial charge < -0.3 is 11.1 Å². The number of rotatable bonds is 5. The lowest BCUT2D eigenvalue weighted by atomic mass is 9.81. The second-order valence-corrected chi connectivity index (χ2v) is 5.35.